The van der Waals surface area contributed by atoms with Crippen LogP contribution in [-0.4, -0.2) is 43.5 Å². The molecule has 3 aromatic carbocycles. The SMILES string of the molecule is CC(C)c1cc([NH3+])cc(C(C)C)c1OP(=O)(O)O.CC(C)c1cc([NH3+])cc(C(C)C)c1OP(=O)([O-])O.CC(C)c1cc([NH3+])cc(C(C)C)c1OP(=O)([O-])O.O.O=S(=O)([O-])C(F)(F)F. The number of phosphoric ester groups is 3. The van der Waals surface area contributed by atoms with Gasteiger partial charge < -0.3 is 60.4 Å². The maximum absolute atomic E-state index is 11.1. The van der Waals surface area contributed by atoms with E-state index in [0.717, 1.165) is 50.4 Å². The molecule has 15 N–H and O–H groups in total. The molecule has 0 aliphatic rings. The summed E-state index contributed by atoms with van der Waals surface area (Å²) in [6.45, 7) is 23.2. The Kier molecular flexibility index (Phi) is 24.2. The third-order valence-electron chi connectivity index (χ3n) is 8.26. The first-order valence-electron chi connectivity index (χ1n) is 18.8. The van der Waals surface area contributed by atoms with Gasteiger partial charge in [-0.15, -0.1) is 0 Å². The molecule has 26 heteroatoms. The van der Waals surface area contributed by atoms with Crippen LogP contribution in [0.1, 0.15) is 152 Å². The molecular formula is C37H63F3N3O16P3S. The summed E-state index contributed by atoms with van der Waals surface area (Å²) in [7, 11) is -20.3. The second kappa shape index (κ2) is 24.5. The molecular weight excluding hydrogens is 924 g/mol. The van der Waals surface area contributed by atoms with Crippen molar-refractivity contribution in [3.8, 4) is 17.2 Å². The standard InChI is InChI=1S/3C12H20NO4P.CHF3O3S.H2O/c3*1-7(2)10-5-9(13)6-11(8(3)4)12(10)17-18(14,15)16;2-1(3,4)8(5,6)7;/h3*5-8H,13H2,1-4H3,(H2,14,15,16);(H,5,6,7);1H2. The number of phosphoric acid groups is 3. The molecule has 0 spiro atoms. The third kappa shape index (κ3) is 22.2. The molecule has 364 valence electrons. The van der Waals surface area contributed by atoms with Crippen LogP contribution in [0.15, 0.2) is 36.4 Å². The molecule has 19 nitrogen and oxygen atoms in total. The fourth-order valence-electron chi connectivity index (χ4n) is 5.46. The Morgan fingerprint density at radius 3 is 0.778 bits per heavy atom. The van der Waals surface area contributed by atoms with E-state index in [9.17, 15) is 36.7 Å². The van der Waals surface area contributed by atoms with E-state index in [4.69, 9.17) is 46.1 Å². The van der Waals surface area contributed by atoms with Gasteiger partial charge >= 0.3 is 29.0 Å². The van der Waals surface area contributed by atoms with Crippen molar-refractivity contribution < 1.29 is 105 Å². The maximum Gasteiger partial charge on any atom is 0.524 e. The monoisotopic (exact) mass is 987 g/mol. The second-order valence-electron chi connectivity index (χ2n) is 15.8. The molecule has 0 aliphatic heterocycles. The van der Waals surface area contributed by atoms with E-state index in [1.54, 1.807) is 24.3 Å². The molecule has 0 radical (unpaired) electrons. The van der Waals surface area contributed by atoms with Crippen molar-refractivity contribution in [1.82, 2.24) is 0 Å². The van der Waals surface area contributed by atoms with Crippen molar-refractivity contribution in [2.24, 2.45) is 0 Å². The Balaban J connectivity index is 0. The van der Waals surface area contributed by atoms with Gasteiger partial charge in [-0.3, -0.25) is 18.9 Å². The maximum atomic E-state index is 11.1. The minimum Gasteiger partial charge on any atom is -0.746 e. The summed E-state index contributed by atoms with van der Waals surface area (Å²) in [6.07, 6.45) is 0. The van der Waals surface area contributed by atoms with Gasteiger partial charge in [0, 0.05) is 69.8 Å². The number of rotatable bonds is 12. The van der Waals surface area contributed by atoms with Gasteiger partial charge in [-0.25, -0.2) is 13.0 Å². The predicted molar refractivity (Wildman–Crippen MR) is 224 cm³/mol. The first-order chi connectivity index (χ1) is 27.6. The van der Waals surface area contributed by atoms with Gasteiger partial charge in [0.25, 0.3) is 0 Å². The van der Waals surface area contributed by atoms with E-state index in [2.05, 4.69) is 17.2 Å². The van der Waals surface area contributed by atoms with Gasteiger partial charge in [-0.2, -0.15) is 13.2 Å². The van der Waals surface area contributed by atoms with Gasteiger partial charge in [-0.05, 0) is 35.5 Å². The Morgan fingerprint density at radius 2 is 0.667 bits per heavy atom. The lowest BCUT2D eigenvalue weighted by atomic mass is 9.93. The number of alkyl halides is 3. The van der Waals surface area contributed by atoms with Crippen molar-refractivity contribution in [1.29, 1.82) is 0 Å². The van der Waals surface area contributed by atoms with Crippen molar-refractivity contribution in [3.63, 3.8) is 0 Å². The van der Waals surface area contributed by atoms with Gasteiger partial charge in [-0.1, -0.05) is 83.1 Å². The van der Waals surface area contributed by atoms with Gasteiger partial charge in [0.15, 0.2) is 10.1 Å². The van der Waals surface area contributed by atoms with Crippen molar-refractivity contribution in [3.05, 3.63) is 69.8 Å². The molecule has 63 heavy (non-hydrogen) atoms. The Bertz CT molecular complexity index is 1920. The molecule has 0 bridgehead atoms. The largest absolute Gasteiger partial charge is 0.746 e. The molecule has 2 unspecified atom stereocenters. The molecule has 0 aliphatic carbocycles. The number of benzene rings is 3. The van der Waals surface area contributed by atoms with Crippen molar-refractivity contribution in [2.75, 3.05) is 0 Å². The van der Waals surface area contributed by atoms with Crippen LogP contribution in [0.25, 0.3) is 0 Å². The van der Waals surface area contributed by atoms with E-state index >= 15 is 0 Å². The predicted octanol–water partition coefficient (Wildman–Crippen LogP) is 4.80. The van der Waals surface area contributed by atoms with Crippen LogP contribution in [0.4, 0.5) is 30.2 Å². The fourth-order valence-corrected chi connectivity index (χ4v) is 6.79. The summed E-state index contributed by atoms with van der Waals surface area (Å²) in [6, 6.07) is 10.7. The number of hydrogen-bond donors (Lipinski definition) is 7. The summed E-state index contributed by atoms with van der Waals surface area (Å²) in [5.74, 6) is 1.26. The first kappa shape index (κ1) is 62.1. The lowest BCUT2D eigenvalue weighted by molar-refractivity contribution is -0.255. The first-order valence-corrected chi connectivity index (χ1v) is 24.8. The summed E-state index contributed by atoms with van der Waals surface area (Å²) < 4.78 is 106. The summed E-state index contributed by atoms with van der Waals surface area (Å²) in [4.78, 5) is 57.8. The average Bonchev–Trinajstić information content (AvgIpc) is 3.04. The topological polar surface area (TPSA) is 378 Å². The highest BCUT2D eigenvalue weighted by Gasteiger charge is 2.37. The third-order valence-corrected chi connectivity index (χ3v) is 10.1. The van der Waals surface area contributed by atoms with Crippen molar-refractivity contribution >= 4 is 50.6 Å². The zero-order valence-electron chi connectivity index (χ0n) is 37.2. The van der Waals surface area contributed by atoms with Crippen LogP contribution in [0.2, 0.25) is 0 Å². The summed E-state index contributed by atoms with van der Waals surface area (Å²) in [5, 5.41) is 0. The highest BCUT2D eigenvalue weighted by Crippen LogP contribution is 2.47. The minimum atomic E-state index is -6.09. The van der Waals surface area contributed by atoms with Gasteiger partial charge in [0.1, 0.15) is 34.3 Å². The molecule has 2 atom stereocenters. The van der Waals surface area contributed by atoms with E-state index in [1.807, 2.05) is 95.2 Å². The smallest absolute Gasteiger partial charge is 0.524 e. The number of halogens is 3. The zero-order valence-corrected chi connectivity index (χ0v) is 40.7. The normalized spacial score (nSPS) is 13.8. The molecule has 0 heterocycles. The van der Waals surface area contributed by atoms with Crippen molar-refractivity contribution in [2.45, 2.75) is 124 Å². The number of hydrogen-bond acceptors (Lipinski definition) is 11. The van der Waals surface area contributed by atoms with E-state index in [1.165, 1.54) is 0 Å². The zero-order chi connectivity index (χ0) is 49.3. The molecule has 3 aromatic rings. The van der Waals surface area contributed by atoms with E-state index in [-0.39, 0.29) is 52.5 Å². The quantitative estimate of drug-likeness (QED) is 0.0728. The minimum absolute atomic E-state index is 0. The molecule has 0 aromatic heterocycles. The Labute approximate surface area is 366 Å². The van der Waals surface area contributed by atoms with Crippen LogP contribution in [0, 0.1) is 0 Å². The lowest BCUT2D eigenvalue weighted by Crippen LogP contribution is -2.40. The Hall–Kier alpha value is -2.95. The van der Waals surface area contributed by atoms with Crippen LogP contribution < -0.4 is 40.6 Å². The van der Waals surface area contributed by atoms with Gasteiger partial charge in [0.2, 0.25) is 0 Å². The summed E-state index contributed by atoms with van der Waals surface area (Å²) >= 11 is 0. The molecule has 3 rings (SSSR count). The highest BCUT2D eigenvalue weighted by atomic mass is 32.2. The fraction of sp³-hybridized carbons (Fsp3) is 0.514. The van der Waals surface area contributed by atoms with E-state index in [0.29, 0.717) is 5.75 Å². The second-order valence-corrected chi connectivity index (χ2v) is 20.6. The summed E-state index contributed by atoms with van der Waals surface area (Å²) in [5.41, 5.74) is 12.9. The van der Waals surface area contributed by atoms with Crippen LogP contribution in [-0.2, 0) is 23.8 Å². The van der Waals surface area contributed by atoms with Gasteiger partial charge in [0.05, 0.1) is 0 Å². The molecule has 0 saturated carbocycles. The average molecular weight is 988 g/mol. The van der Waals surface area contributed by atoms with E-state index < -0.39 is 39.1 Å². The molecule has 0 amide bonds. The Morgan fingerprint density at radius 1 is 0.508 bits per heavy atom. The van der Waals surface area contributed by atoms with Crippen LogP contribution >= 0.6 is 23.5 Å². The highest BCUT2D eigenvalue weighted by molar-refractivity contribution is 7.86. The lowest BCUT2D eigenvalue weighted by Gasteiger charge is -2.24. The van der Waals surface area contributed by atoms with Crippen LogP contribution in [0.5, 0.6) is 17.2 Å². The molecule has 0 fully saturated rings. The number of quaternary nitrogens is 3. The molecule has 0 saturated heterocycles. The van der Waals surface area contributed by atoms with Crippen LogP contribution in [0.3, 0.4) is 0 Å².